The number of aromatic nitrogens is 1. The highest BCUT2D eigenvalue weighted by Gasteiger charge is 2.07. The lowest BCUT2D eigenvalue weighted by Gasteiger charge is -2.04. The summed E-state index contributed by atoms with van der Waals surface area (Å²) in [4.78, 5) is 4.19. The van der Waals surface area contributed by atoms with Crippen LogP contribution < -0.4 is 10.1 Å². The van der Waals surface area contributed by atoms with E-state index in [9.17, 15) is 0 Å². The summed E-state index contributed by atoms with van der Waals surface area (Å²) < 4.78 is 11.3. The molecule has 1 N–H and O–H groups in total. The van der Waals surface area contributed by atoms with E-state index in [0.717, 1.165) is 35.1 Å². The van der Waals surface area contributed by atoms with Crippen LogP contribution in [-0.2, 0) is 13.2 Å². The maximum Gasteiger partial charge on any atom is 0.138 e. The van der Waals surface area contributed by atoms with Gasteiger partial charge in [-0.05, 0) is 39.1 Å². The Morgan fingerprint density at radius 3 is 2.83 bits per heavy atom. The highest BCUT2D eigenvalue weighted by atomic mass is 16.5. The molecule has 0 radical (unpaired) electrons. The molecular formula is C14H18N2O2. The van der Waals surface area contributed by atoms with E-state index in [4.69, 9.17) is 9.15 Å². The third-order valence-electron chi connectivity index (χ3n) is 2.70. The summed E-state index contributed by atoms with van der Waals surface area (Å²) in [7, 11) is 1.89. The van der Waals surface area contributed by atoms with Gasteiger partial charge in [0.15, 0.2) is 0 Å². The van der Waals surface area contributed by atoms with Gasteiger partial charge in [0.25, 0.3) is 0 Å². The third kappa shape index (κ3) is 3.11. The van der Waals surface area contributed by atoms with E-state index in [-0.39, 0.29) is 0 Å². The van der Waals surface area contributed by atoms with E-state index >= 15 is 0 Å². The molecule has 0 spiro atoms. The fraction of sp³-hybridized carbons (Fsp3) is 0.357. The zero-order chi connectivity index (χ0) is 13.0. The van der Waals surface area contributed by atoms with Crippen molar-refractivity contribution >= 4 is 0 Å². The van der Waals surface area contributed by atoms with Crippen molar-refractivity contribution in [3.8, 4) is 5.75 Å². The van der Waals surface area contributed by atoms with Crippen LogP contribution in [0.1, 0.15) is 22.8 Å². The van der Waals surface area contributed by atoms with Gasteiger partial charge in [-0.3, -0.25) is 4.98 Å². The van der Waals surface area contributed by atoms with Crippen LogP contribution in [0.25, 0.3) is 0 Å². The van der Waals surface area contributed by atoms with Crippen molar-refractivity contribution in [2.75, 3.05) is 7.05 Å². The van der Waals surface area contributed by atoms with Crippen LogP contribution >= 0.6 is 0 Å². The Morgan fingerprint density at radius 2 is 2.17 bits per heavy atom. The molecule has 0 aromatic carbocycles. The molecule has 0 fully saturated rings. The highest BCUT2D eigenvalue weighted by Crippen LogP contribution is 2.17. The average Bonchev–Trinajstić information content (AvgIpc) is 2.70. The van der Waals surface area contributed by atoms with Crippen molar-refractivity contribution in [2.45, 2.75) is 27.0 Å². The second-order valence-corrected chi connectivity index (χ2v) is 4.25. The Balaban J connectivity index is 1.99. The fourth-order valence-corrected chi connectivity index (χ4v) is 1.69. The summed E-state index contributed by atoms with van der Waals surface area (Å²) >= 11 is 0. The Kier molecular flexibility index (Phi) is 3.99. The molecule has 4 heteroatoms. The predicted molar refractivity (Wildman–Crippen MR) is 69.5 cm³/mol. The minimum Gasteiger partial charge on any atom is -0.487 e. The molecular weight excluding hydrogens is 228 g/mol. The molecule has 0 atom stereocenters. The van der Waals surface area contributed by atoms with E-state index in [2.05, 4.69) is 10.3 Å². The first-order valence-electron chi connectivity index (χ1n) is 5.97. The quantitative estimate of drug-likeness (QED) is 0.881. The number of hydrogen-bond acceptors (Lipinski definition) is 4. The van der Waals surface area contributed by atoms with Crippen LogP contribution in [0.4, 0.5) is 0 Å². The summed E-state index contributed by atoms with van der Waals surface area (Å²) in [5.74, 6) is 2.60. The number of rotatable bonds is 5. The molecule has 18 heavy (non-hydrogen) atoms. The van der Waals surface area contributed by atoms with Gasteiger partial charge in [-0.1, -0.05) is 0 Å². The number of pyridine rings is 1. The van der Waals surface area contributed by atoms with Crippen molar-refractivity contribution in [3.05, 3.63) is 47.2 Å². The molecule has 2 heterocycles. The minimum absolute atomic E-state index is 0.504. The molecule has 0 saturated heterocycles. The molecule has 0 bridgehead atoms. The normalized spacial score (nSPS) is 10.6. The Morgan fingerprint density at radius 1 is 1.33 bits per heavy atom. The number of ether oxygens (including phenoxy) is 1. The fourth-order valence-electron chi connectivity index (χ4n) is 1.69. The lowest BCUT2D eigenvalue weighted by atomic mass is 10.2. The Labute approximate surface area is 107 Å². The maximum atomic E-state index is 5.68. The van der Waals surface area contributed by atoms with Crippen molar-refractivity contribution in [3.63, 3.8) is 0 Å². The highest BCUT2D eigenvalue weighted by molar-refractivity contribution is 5.23. The van der Waals surface area contributed by atoms with E-state index < -0.39 is 0 Å². The molecule has 0 saturated carbocycles. The molecule has 4 nitrogen and oxygen atoms in total. The minimum atomic E-state index is 0.504. The monoisotopic (exact) mass is 246 g/mol. The van der Waals surface area contributed by atoms with Gasteiger partial charge in [0.05, 0.1) is 12.7 Å². The molecule has 2 rings (SSSR count). The van der Waals surface area contributed by atoms with Crippen LogP contribution in [0.3, 0.4) is 0 Å². The van der Waals surface area contributed by atoms with Gasteiger partial charge in [-0.2, -0.15) is 0 Å². The molecule has 0 aliphatic carbocycles. The van der Waals surface area contributed by atoms with Gasteiger partial charge in [-0.15, -0.1) is 0 Å². The van der Waals surface area contributed by atoms with Crippen molar-refractivity contribution < 1.29 is 9.15 Å². The molecule has 0 amide bonds. The van der Waals surface area contributed by atoms with Gasteiger partial charge < -0.3 is 14.5 Å². The molecule has 0 aliphatic rings. The van der Waals surface area contributed by atoms with Crippen LogP contribution in [0.2, 0.25) is 0 Å². The lowest BCUT2D eigenvalue weighted by Crippen LogP contribution is -2.03. The first-order valence-corrected chi connectivity index (χ1v) is 5.97. The summed E-state index contributed by atoms with van der Waals surface area (Å²) in [5, 5.41) is 3.06. The molecule has 96 valence electrons. The van der Waals surface area contributed by atoms with E-state index in [1.165, 1.54) is 0 Å². The predicted octanol–water partition coefficient (Wildman–Crippen LogP) is 2.59. The number of hydrogen-bond donors (Lipinski definition) is 1. The zero-order valence-corrected chi connectivity index (χ0v) is 11.0. The van der Waals surface area contributed by atoms with Gasteiger partial charge in [0.2, 0.25) is 0 Å². The van der Waals surface area contributed by atoms with Gasteiger partial charge in [0, 0.05) is 11.3 Å². The van der Waals surface area contributed by atoms with Gasteiger partial charge in [0.1, 0.15) is 23.9 Å². The average molecular weight is 246 g/mol. The summed E-state index contributed by atoms with van der Waals surface area (Å²) in [6.07, 6.45) is 1.74. The van der Waals surface area contributed by atoms with Crippen molar-refractivity contribution in [1.82, 2.24) is 10.3 Å². The number of aryl methyl sites for hydroxylation is 2. The first kappa shape index (κ1) is 12.6. The largest absolute Gasteiger partial charge is 0.487 e. The van der Waals surface area contributed by atoms with E-state index in [0.29, 0.717) is 6.61 Å². The second kappa shape index (κ2) is 5.69. The smallest absolute Gasteiger partial charge is 0.138 e. The maximum absolute atomic E-state index is 5.68. The summed E-state index contributed by atoms with van der Waals surface area (Å²) in [5.41, 5.74) is 2.05. The van der Waals surface area contributed by atoms with Crippen molar-refractivity contribution in [2.24, 2.45) is 0 Å². The van der Waals surface area contributed by atoms with Crippen LogP contribution in [0, 0.1) is 13.8 Å². The third-order valence-corrected chi connectivity index (χ3v) is 2.70. The SMILES string of the molecule is CNCc1cc(COc2ccc(C)nc2)c(C)o1. The van der Waals surface area contributed by atoms with Gasteiger partial charge >= 0.3 is 0 Å². The summed E-state index contributed by atoms with van der Waals surface area (Å²) in [6.45, 7) is 5.13. The van der Waals surface area contributed by atoms with E-state index in [1.807, 2.05) is 39.1 Å². The second-order valence-electron chi connectivity index (χ2n) is 4.25. The molecule has 2 aromatic rings. The van der Waals surface area contributed by atoms with Crippen LogP contribution in [-0.4, -0.2) is 12.0 Å². The zero-order valence-electron chi connectivity index (χ0n) is 11.0. The number of furan rings is 1. The summed E-state index contributed by atoms with van der Waals surface area (Å²) in [6, 6.07) is 5.88. The Bertz CT molecular complexity index is 503. The number of nitrogens with zero attached hydrogens (tertiary/aromatic N) is 1. The first-order chi connectivity index (χ1) is 8.69. The number of nitrogens with one attached hydrogen (secondary N) is 1. The van der Waals surface area contributed by atoms with Gasteiger partial charge in [-0.25, -0.2) is 0 Å². The molecule has 0 unspecified atom stereocenters. The van der Waals surface area contributed by atoms with Crippen LogP contribution in [0.5, 0.6) is 5.75 Å². The molecule has 0 aliphatic heterocycles. The Hall–Kier alpha value is -1.81. The molecule has 2 aromatic heterocycles. The van der Waals surface area contributed by atoms with Crippen LogP contribution in [0.15, 0.2) is 28.8 Å². The lowest BCUT2D eigenvalue weighted by molar-refractivity contribution is 0.301. The van der Waals surface area contributed by atoms with E-state index in [1.54, 1.807) is 6.20 Å². The van der Waals surface area contributed by atoms with Crippen molar-refractivity contribution in [1.29, 1.82) is 0 Å². The standard InChI is InChI=1S/C14H18N2O2/c1-10-4-5-13(8-16-10)17-9-12-6-14(7-15-3)18-11(12)2/h4-6,8,15H,7,9H2,1-3H3. The topological polar surface area (TPSA) is 47.3 Å².